The van der Waals surface area contributed by atoms with Crippen molar-refractivity contribution in [3.8, 4) is 0 Å². The summed E-state index contributed by atoms with van der Waals surface area (Å²) in [7, 11) is 0. The lowest BCUT2D eigenvalue weighted by Crippen LogP contribution is -2.64. The Morgan fingerprint density at radius 3 is 2.20 bits per heavy atom. The van der Waals surface area contributed by atoms with Crippen LogP contribution >= 0.6 is 0 Å². The van der Waals surface area contributed by atoms with E-state index in [0.717, 1.165) is 10.5 Å². The number of nitrogens with zero attached hydrogens (tertiary/aromatic N) is 3. The Kier molecular flexibility index (Phi) is 9.70. The number of ether oxygens (including phenoxy) is 2. The van der Waals surface area contributed by atoms with E-state index < -0.39 is 84.7 Å². The largest absolute Gasteiger partial charge is 0.445 e. The molecule has 0 spiro atoms. The average Bonchev–Trinajstić information content (AvgIpc) is 3.50. The van der Waals surface area contributed by atoms with Gasteiger partial charge < -0.3 is 29.6 Å². The lowest BCUT2D eigenvalue weighted by molar-refractivity contribution is -0.173. The molecule has 3 aromatic rings. The summed E-state index contributed by atoms with van der Waals surface area (Å²) < 4.78 is 83.8. The summed E-state index contributed by atoms with van der Waals surface area (Å²) in [6.45, 7) is 3.54. The lowest BCUT2D eigenvalue weighted by Gasteiger charge is -2.47. The van der Waals surface area contributed by atoms with Gasteiger partial charge in [-0.15, -0.1) is 0 Å². The van der Waals surface area contributed by atoms with Crippen LogP contribution in [0.2, 0.25) is 0 Å². The molecule has 2 N–H and O–H groups in total. The summed E-state index contributed by atoms with van der Waals surface area (Å²) in [5.41, 5.74) is -1.61. The van der Waals surface area contributed by atoms with Gasteiger partial charge in [0.15, 0.2) is 5.82 Å². The second-order valence-corrected chi connectivity index (χ2v) is 14.9. The number of aromatic nitrogens is 2. The number of fused-ring (bicyclic) bond motifs is 1. The van der Waals surface area contributed by atoms with Crippen LogP contribution in [-0.2, 0) is 26.3 Å². The van der Waals surface area contributed by atoms with Crippen molar-refractivity contribution in [3.05, 3.63) is 65.2 Å². The van der Waals surface area contributed by atoms with E-state index in [1.807, 2.05) is 6.07 Å². The first kappa shape index (κ1) is 36.4. The number of benzene rings is 2. The van der Waals surface area contributed by atoms with Gasteiger partial charge in [0.1, 0.15) is 23.5 Å². The van der Waals surface area contributed by atoms with Crippen LogP contribution < -0.4 is 5.32 Å². The van der Waals surface area contributed by atoms with Crippen LogP contribution in [0.25, 0.3) is 11.0 Å². The highest BCUT2D eigenvalue weighted by Crippen LogP contribution is 2.44. The normalized spacial score (nSPS) is 20.7. The summed E-state index contributed by atoms with van der Waals surface area (Å²) in [4.78, 5) is 49.8. The first-order valence-electron chi connectivity index (χ1n) is 17.1. The number of aromatic amines is 1. The number of alkyl halides is 4. The van der Waals surface area contributed by atoms with Crippen LogP contribution in [0.4, 0.5) is 31.5 Å². The number of halogens is 5. The number of rotatable bonds is 7. The van der Waals surface area contributed by atoms with E-state index in [2.05, 4.69) is 15.3 Å². The monoisotopic (exact) mass is 719 g/mol. The molecule has 51 heavy (non-hydrogen) atoms. The minimum absolute atomic E-state index is 0.0115. The van der Waals surface area contributed by atoms with Crippen molar-refractivity contribution in [1.29, 1.82) is 0 Å². The Balaban J connectivity index is 1.30. The number of piperidine rings is 1. The number of hydrogen-bond donors (Lipinski definition) is 2. The van der Waals surface area contributed by atoms with Gasteiger partial charge in [0, 0.05) is 31.5 Å². The maximum absolute atomic E-state index is 16.7. The van der Waals surface area contributed by atoms with Crippen molar-refractivity contribution in [1.82, 2.24) is 25.1 Å². The molecule has 1 atom stereocenters. The Morgan fingerprint density at radius 2 is 1.59 bits per heavy atom. The second kappa shape index (κ2) is 13.6. The smallest absolute Gasteiger partial charge is 0.410 e. The molecule has 10 nitrogen and oxygen atoms in total. The van der Waals surface area contributed by atoms with Crippen molar-refractivity contribution < 1.29 is 45.8 Å². The fourth-order valence-corrected chi connectivity index (χ4v) is 7.23. The zero-order valence-corrected chi connectivity index (χ0v) is 28.7. The van der Waals surface area contributed by atoms with Crippen molar-refractivity contribution in [2.75, 3.05) is 26.2 Å². The highest BCUT2D eigenvalue weighted by molar-refractivity contribution is 5.91. The Morgan fingerprint density at radius 1 is 0.941 bits per heavy atom. The van der Waals surface area contributed by atoms with E-state index in [1.165, 1.54) is 17.0 Å². The number of imidazole rings is 1. The fourth-order valence-electron chi connectivity index (χ4n) is 7.23. The van der Waals surface area contributed by atoms with Crippen LogP contribution in [0.5, 0.6) is 0 Å². The standard InChI is InChI=1S/C36H42F5N5O5/c1-33(2,3)51-32(49)45-17-15-34(16-18-45,30(47)46-20-36(40,41)21-46)24-9-10-25-28(26(24)37)43-29(42-25)27(23-11-13-35(38,39)14-12-23)44-31(48)50-19-22-7-5-4-6-8-22/h4-10,23,27H,11-21H2,1-3H3,(H,42,43)(H,44,48)/t27-/m0/s1. The molecule has 2 aromatic carbocycles. The quantitative estimate of drug-likeness (QED) is 0.249. The van der Waals surface area contributed by atoms with E-state index in [9.17, 15) is 31.9 Å². The summed E-state index contributed by atoms with van der Waals surface area (Å²) in [6.07, 6.45) is -2.19. The SMILES string of the molecule is CC(C)(C)OC(=O)N1CCC(C(=O)N2CC(F)(F)C2)(c2ccc3[nH]c([C@@H](NC(=O)OCc4ccccc4)C4CCC(F)(F)CC4)nc3c2F)CC1. The first-order valence-corrected chi connectivity index (χ1v) is 17.1. The molecule has 2 saturated heterocycles. The second-order valence-electron chi connectivity index (χ2n) is 14.9. The molecule has 1 aromatic heterocycles. The number of hydrogen-bond acceptors (Lipinski definition) is 6. The predicted octanol–water partition coefficient (Wildman–Crippen LogP) is 7.24. The molecular weight excluding hydrogens is 677 g/mol. The maximum Gasteiger partial charge on any atom is 0.410 e. The van der Waals surface area contributed by atoms with Crippen molar-refractivity contribution >= 4 is 29.1 Å². The molecule has 1 aliphatic carbocycles. The molecular formula is C36H42F5N5O5. The van der Waals surface area contributed by atoms with E-state index in [4.69, 9.17) is 9.47 Å². The van der Waals surface area contributed by atoms with Crippen LogP contribution in [0.3, 0.4) is 0 Å². The van der Waals surface area contributed by atoms with E-state index in [0.29, 0.717) is 0 Å². The summed E-state index contributed by atoms with van der Waals surface area (Å²) in [6, 6.07) is 11.0. The molecule has 15 heteroatoms. The molecule has 6 rings (SSSR count). The number of carbonyl (C=O) groups is 3. The van der Waals surface area contributed by atoms with Gasteiger partial charge in [0.05, 0.1) is 30.1 Å². The Labute approximate surface area is 292 Å². The molecule has 3 amide bonds. The maximum atomic E-state index is 16.7. The first-order chi connectivity index (χ1) is 24.0. The molecule has 2 aliphatic heterocycles. The molecule has 3 heterocycles. The molecule has 276 valence electrons. The summed E-state index contributed by atoms with van der Waals surface area (Å²) in [5.74, 6) is -7.78. The van der Waals surface area contributed by atoms with E-state index in [1.54, 1.807) is 45.0 Å². The van der Waals surface area contributed by atoms with Gasteiger partial charge in [-0.2, -0.15) is 0 Å². The molecule has 3 aliphatic rings. The van der Waals surface area contributed by atoms with Crippen LogP contribution in [0.1, 0.15) is 82.3 Å². The molecule has 0 unspecified atom stereocenters. The van der Waals surface area contributed by atoms with Gasteiger partial charge in [-0.3, -0.25) is 4.79 Å². The predicted molar refractivity (Wildman–Crippen MR) is 176 cm³/mol. The molecule has 0 radical (unpaired) electrons. The van der Waals surface area contributed by atoms with Gasteiger partial charge >= 0.3 is 12.2 Å². The van der Waals surface area contributed by atoms with Crippen molar-refractivity contribution in [2.45, 2.75) is 94.8 Å². The zero-order valence-electron chi connectivity index (χ0n) is 28.7. The van der Waals surface area contributed by atoms with Crippen LogP contribution in [-0.4, -0.2) is 81.5 Å². The Hall–Kier alpha value is -4.43. The molecule has 1 saturated carbocycles. The third-order valence-electron chi connectivity index (χ3n) is 9.95. The number of alkyl carbamates (subject to hydrolysis) is 1. The number of H-pyrrole nitrogens is 1. The van der Waals surface area contributed by atoms with Crippen LogP contribution in [0.15, 0.2) is 42.5 Å². The number of likely N-dealkylation sites (tertiary alicyclic amines) is 2. The topological polar surface area (TPSA) is 117 Å². The van der Waals surface area contributed by atoms with Gasteiger partial charge in [0.25, 0.3) is 5.92 Å². The van der Waals surface area contributed by atoms with Gasteiger partial charge in [-0.1, -0.05) is 36.4 Å². The molecule has 3 fully saturated rings. The summed E-state index contributed by atoms with van der Waals surface area (Å²) in [5, 5.41) is 2.75. The number of nitrogens with one attached hydrogen (secondary N) is 2. The highest BCUT2D eigenvalue weighted by Gasteiger charge is 2.54. The number of carbonyl (C=O) groups excluding carboxylic acids is 3. The summed E-state index contributed by atoms with van der Waals surface area (Å²) >= 11 is 0. The minimum atomic E-state index is -3.05. The average molecular weight is 720 g/mol. The van der Waals surface area contributed by atoms with Gasteiger partial charge in [-0.05, 0) is 64.0 Å². The van der Waals surface area contributed by atoms with Crippen molar-refractivity contribution in [3.63, 3.8) is 0 Å². The van der Waals surface area contributed by atoms with Gasteiger partial charge in [0.2, 0.25) is 11.8 Å². The third-order valence-corrected chi connectivity index (χ3v) is 9.95. The van der Waals surface area contributed by atoms with Crippen molar-refractivity contribution in [2.24, 2.45) is 5.92 Å². The fraction of sp³-hybridized carbons (Fsp3) is 0.556. The minimum Gasteiger partial charge on any atom is -0.445 e. The Bertz CT molecular complexity index is 1750. The van der Waals surface area contributed by atoms with E-state index in [-0.39, 0.29) is 67.8 Å². The number of amides is 3. The zero-order chi connectivity index (χ0) is 36.8. The molecule has 0 bridgehead atoms. The van der Waals surface area contributed by atoms with Crippen LogP contribution in [0, 0.1) is 11.7 Å². The third kappa shape index (κ3) is 7.91. The van der Waals surface area contributed by atoms with Gasteiger partial charge in [-0.25, -0.2) is 36.5 Å². The lowest BCUT2D eigenvalue weighted by atomic mass is 9.70. The highest BCUT2D eigenvalue weighted by atomic mass is 19.3. The van der Waals surface area contributed by atoms with E-state index >= 15 is 4.39 Å².